The van der Waals surface area contributed by atoms with Crippen LogP contribution in [-0.2, 0) is 19.3 Å². The summed E-state index contributed by atoms with van der Waals surface area (Å²) < 4.78 is 19.9. The van der Waals surface area contributed by atoms with E-state index in [1.54, 1.807) is 7.05 Å². The molecule has 0 heterocycles. The number of rotatable bonds is 8. The molecule has 1 saturated carbocycles. The molecule has 1 aliphatic rings. The Morgan fingerprint density at radius 2 is 2.05 bits per heavy atom. The number of hydrogen-bond acceptors (Lipinski definition) is 5. The van der Waals surface area contributed by atoms with Crippen LogP contribution in [0.2, 0.25) is 0 Å². The predicted octanol–water partition coefficient (Wildman–Crippen LogP) is 0.142. The normalized spacial score (nSPS) is 21.3. The second kappa shape index (κ2) is 6.53. The number of nitrogens with two attached hydrogens (primary N) is 1. The molecule has 1 amide bonds. The zero-order valence-corrected chi connectivity index (χ0v) is 12.5. The van der Waals surface area contributed by atoms with E-state index < -0.39 is 27.2 Å². The largest absolute Gasteiger partial charge is 0.480 e. The SMILES string of the molecule is CNC(=O)C1(CCS(=N)(=O)CC[C@H](N)C(=O)O)CCC1. The molecule has 0 radical (unpaired) electrons. The third kappa shape index (κ3) is 4.17. The van der Waals surface area contributed by atoms with Gasteiger partial charge in [-0.1, -0.05) is 6.42 Å². The van der Waals surface area contributed by atoms with Crippen molar-refractivity contribution < 1.29 is 18.9 Å². The summed E-state index contributed by atoms with van der Waals surface area (Å²) in [4.78, 5) is 22.4. The molecular formula is C12H23N3O4S. The van der Waals surface area contributed by atoms with Crippen molar-refractivity contribution in [1.29, 1.82) is 4.78 Å². The van der Waals surface area contributed by atoms with Crippen LogP contribution in [0.1, 0.15) is 32.1 Å². The first kappa shape index (κ1) is 16.9. The van der Waals surface area contributed by atoms with Crippen LogP contribution in [0.15, 0.2) is 0 Å². The molecule has 1 aliphatic carbocycles. The second-order valence-electron chi connectivity index (χ2n) is 5.42. The lowest BCUT2D eigenvalue weighted by atomic mass is 9.66. The van der Waals surface area contributed by atoms with Crippen molar-refractivity contribution in [3.05, 3.63) is 0 Å². The minimum Gasteiger partial charge on any atom is -0.480 e. The van der Waals surface area contributed by atoms with E-state index in [4.69, 9.17) is 15.6 Å². The smallest absolute Gasteiger partial charge is 0.320 e. The van der Waals surface area contributed by atoms with Gasteiger partial charge in [-0.25, -0.2) is 4.21 Å². The van der Waals surface area contributed by atoms with Gasteiger partial charge < -0.3 is 16.2 Å². The van der Waals surface area contributed by atoms with Gasteiger partial charge in [-0.15, -0.1) is 0 Å². The maximum atomic E-state index is 12.1. The van der Waals surface area contributed by atoms with E-state index in [1.807, 2.05) is 0 Å². The third-order valence-corrected chi connectivity index (χ3v) is 5.76. The van der Waals surface area contributed by atoms with Crippen LogP contribution in [0, 0.1) is 10.2 Å². The van der Waals surface area contributed by atoms with Crippen molar-refractivity contribution in [2.75, 3.05) is 18.6 Å². The zero-order chi connectivity index (χ0) is 15.4. The molecule has 0 aromatic carbocycles. The molecule has 2 atom stereocenters. The minimum atomic E-state index is -2.88. The summed E-state index contributed by atoms with van der Waals surface area (Å²) in [5.74, 6) is -1.13. The third-order valence-electron chi connectivity index (χ3n) is 4.01. The highest BCUT2D eigenvalue weighted by atomic mass is 32.2. The molecule has 0 spiro atoms. The summed E-state index contributed by atoms with van der Waals surface area (Å²) in [5, 5.41) is 11.3. The number of carbonyl (C=O) groups excluding carboxylic acids is 1. The molecular weight excluding hydrogens is 282 g/mol. The number of carboxylic acids is 1. The Kier molecular flexibility index (Phi) is 5.52. The molecule has 116 valence electrons. The fraction of sp³-hybridized carbons (Fsp3) is 0.833. The monoisotopic (exact) mass is 305 g/mol. The first-order chi connectivity index (χ1) is 9.22. The van der Waals surface area contributed by atoms with Crippen molar-refractivity contribution in [3.63, 3.8) is 0 Å². The highest BCUT2D eigenvalue weighted by molar-refractivity contribution is 7.92. The summed E-state index contributed by atoms with van der Waals surface area (Å²) in [5.41, 5.74) is 4.86. The quantitative estimate of drug-likeness (QED) is 0.506. The Bertz CT molecular complexity index is 471. The van der Waals surface area contributed by atoms with E-state index in [0.717, 1.165) is 19.3 Å². The molecule has 0 aromatic heterocycles. The van der Waals surface area contributed by atoms with Crippen molar-refractivity contribution in [1.82, 2.24) is 5.32 Å². The van der Waals surface area contributed by atoms with Gasteiger partial charge in [0.25, 0.3) is 0 Å². The van der Waals surface area contributed by atoms with Crippen LogP contribution in [0.4, 0.5) is 0 Å². The second-order valence-corrected chi connectivity index (χ2v) is 7.86. The molecule has 0 bridgehead atoms. The summed E-state index contributed by atoms with van der Waals surface area (Å²) in [6, 6.07) is -1.09. The van der Waals surface area contributed by atoms with E-state index in [2.05, 4.69) is 5.32 Å². The number of carbonyl (C=O) groups is 2. The van der Waals surface area contributed by atoms with Gasteiger partial charge in [0.05, 0.1) is 5.41 Å². The Hall–Kier alpha value is -1.15. The average Bonchev–Trinajstić information content (AvgIpc) is 2.34. The standard InChI is InChI=1S/C12H23N3O4S/c1-15-11(18)12(4-2-5-12)6-8-20(14,19)7-3-9(13)10(16)17/h9,14H,2-8,13H2,1H3,(H,15,18)(H,16,17)/t9-,20?/m0/s1. The van der Waals surface area contributed by atoms with Crippen LogP contribution >= 0.6 is 0 Å². The number of nitrogens with one attached hydrogen (secondary N) is 2. The van der Waals surface area contributed by atoms with Crippen LogP contribution in [0.3, 0.4) is 0 Å². The van der Waals surface area contributed by atoms with Crippen LogP contribution in [-0.4, -0.2) is 45.8 Å². The van der Waals surface area contributed by atoms with E-state index in [1.165, 1.54) is 0 Å². The van der Waals surface area contributed by atoms with Crippen LogP contribution in [0.25, 0.3) is 0 Å². The van der Waals surface area contributed by atoms with Gasteiger partial charge >= 0.3 is 5.97 Å². The lowest BCUT2D eigenvalue weighted by molar-refractivity contribution is -0.138. The van der Waals surface area contributed by atoms with E-state index >= 15 is 0 Å². The van der Waals surface area contributed by atoms with Crippen molar-refractivity contribution in [3.8, 4) is 0 Å². The first-order valence-corrected chi connectivity index (χ1v) is 8.57. The fourth-order valence-electron chi connectivity index (χ4n) is 2.36. The van der Waals surface area contributed by atoms with E-state index in [-0.39, 0.29) is 23.8 Å². The van der Waals surface area contributed by atoms with Gasteiger partial charge in [-0.3, -0.25) is 14.4 Å². The topological polar surface area (TPSA) is 133 Å². The van der Waals surface area contributed by atoms with Crippen molar-refractivity contribution >= 4 is 21.6 Å². The van der Waals surface area contributed by atoms with Gasteiger partial charge in [0.1, 0.15) is 6.04 Å². The molecule has 0 saturated heterocycles. The molecule has 8 heteroatoms. The Labute approximate surface area is 119 Å². The Morgan fingerprint density at radius 1 is 1.45 bits per heavy atom. The van der Waals surface area contributed by atoms with Gasteiger partial charge in [-0.2, -0.15) is 0 Å². The average molecular weight is 305 g/mol. The van der Waals surface area contributed by atoms with Crippen LogP contribution in [0.5, 0.6) is 0 Å². The van der Waals surface area contributed by atoms with Crippen LogP contribution < -0.4 is 11.1 Å². The minimum absolute atomic E-state index is 0.0185. The number of amides is 1. The van der Waals surface area contributed by atoms with Crippen molar-refractivity contribution in [2.45, 2.75) is 38.1 Å². The Balaban J connectivity index is 2.51. The van der Waals surface area contributed by atoms with Gasteiger partial charge in [0.2, 0.25) is 5.91 Å². The van der Waals surface area contributed by atoms with E-state index in [9.17, 15) is 13.8 Å². The van der Waals surface area contributed by atoms with Crippen molar-refractivity contribution in [2.24, 2.45) is 11.1 Å². The number of hydrogen-bond donors (Lipinski definition) is 4. The maximum absolute atomic E-state index is 12.1. The predicted molar refractivity (Wildman–Crippen MR) is 75.8 cm³/mol. The molecule has 5 N–H and O–H groups in total. The molecule has 0 aliphatic heterocycles. The van der Waals surface area contributed by atoms with Gasteiger partial charge in [-0.05, 0) is 25.7 Å². The maximum Gasteiger partial charge on any atom is 0.320 e. The zero-order valence-electron chi connectivity index (χ0n) is 11.7. The van der Waals surface area contributed by atoms with Gasteiger partial charge in [0.15, 0.2) is 0 Å². The fourth-order valence-corrected chi connectivity index (χ4v) is 3.92. The first-order valence-electron chi connectivity index (χ1n) is 6.67. The number of carboxylic acid groups (broad SMARTS) is 1. The molecule has 0 aromatic rings. The molecule has 1 rings (SSSR count). The summed E-state index contributed by atoms with van der Waals surface area (Å²) in [6.07, 6.45) is 2.92. The van der Waals surface area contributed by atoms with Gasteiger partial charge in [0, 0.05) is 28.3 Å². The molecule has 20 heavy (non-hydrogen) atoms. The summed E-state index contributed by atoms with van der Waals surface area (Å²) in [6.45, 7) is 0. The molecule has 1 fully saturated rings. The number of aliphatic carboxylic acids is 1. The molecule has 1 unspecified atom stereocenters. The van der Waals surface area contributed by atoms with E-state index in [0.29, 0.717) is 6.42 Å². The Morgan fingerprint density at radius 3 is 2.45 bits per heavy atom. The summed E-state index contributed by atoms with van der Waals surface area (Å²) >= 11 is 0. The lowest BCUT2D eigenvalue weighted by Gasteiger charge is -2.40. The molecule has 7 nitrogen and oxygen atoms in total. The lowest BCUT2D eigenvalue weighted by Crippen LogP contribution is -2.45. The highest BCUT2D eigenvalue weighted by Crippen LogP contribution is 2.44. The highest BCUT2D eigenvalue weighted by Gasteiger charge is 2.43. The summed E-state index contributed by atoms with van der Waals surface area (Å²) in [7, 11) is -1.31.